The number of aliphatic carboxylic acids is 1. The van der Waals surface area contributed by atoms with Crippen LogP contribution < -0.4 is 9.80 Å². The van der Waals surface area contributed by atoms with E-state index in [0.717, 1.165) is 29.8 Å². The van der Waals surface area contributed by atoms with E-state index in [4.69, 9.17) is 5.11 Å². The predicted molar refractivity (Wildman–Crippen MR) is 164 cm³/mol. The molecular weight excluding hydrogens is 695 g/mol. The van der Waals surface area contributed by atoms with Crippen LogP contribution in [0.1, 0.15) is 73.3 Å². The summed E-state index contributed by atoms with van der Waals surface area (Å²) >= 11 is 0. The van der Waals surface area contributed by atoms with Crippen LogP contribution in [0.2, 0.25) is 0 Å². The molecule has 0 radical (unpaired) electrons. The van der Waals surface area contributed by atoms with Crippen LogP contribution in [0, 0.1) is 11.8 Å². The van der Waals surface area contributed by atoms with Gasteiger partial charge >= 0.3 is 24.5 Å². The molecule has 49 heavy (non-hydrogen) atoms. The average molecular weight is 731 g/mol. The topological polar surface area (TPSA) is 87.4 Å². The Morgan fingerprint density at radius 2 is 1.41 bits per heavy atom. The van der Waals surface area contributed by atoms with E-state index in [9.17, 15) is 44.3 Å². The Hall–Kier alpha value is -3.76. The summed E-state index contributed by atoms with van der Waals surface area (Å²) in [7, 11) is 1.38. The Balaban J connectivity index is 0.00000650. The van der Waals surface area contributed by atoms with Crippen LogP contribution in [0.4, 0.5) is 51.1 Å². The van der Waals surface area contributed by atoms with Gasteiger partial charge < -0.3 is 14.9 Å². The van der Waals surface area contributed by atoms with Crippen molar-refractivity contribution >= 4 is 30.0 Å². The number of nitrogens with zero attached hydrogens (tertiary/aromatic N) is 6. The summed E-state index contributed by atoms with van der Waals surface area (Å²) in [4.78, 5) is 15.3. The van der Waals surface area contributed by atoms with Gasteiger partial charge in [-0.15, -0.1) is 17.5 Å². The van der Waals surface area contributed by atoms with Crippen LogP contribution in [0.5, 0.6) is 0 Å². The summed E-state index contributed by atoms with van der Waals surface area (Å²) in [5.74, 6) is -0.921. The van der Waals surface area contributed by atoms with Crippen LogP contribution >= 0.6 is 12.4 Å². The molecular formula is C31H36ClF9N6O2. The molecule has 0 amide bonds. The second-order valence-corrected chi connectivity index (χ2v) is 12.1. The molecule has 8 nitrogen and oxygen atoms in total. The predicted octanol–water partition coefficient (Wildman–Crippen LogP) is 8.39. The summed E-state index contributed by atoms with van der Waals surface area (Å²) in [5.41, 5.74) is -3.96. The lowest BCUT2D eigenvalue weighted by Crippen LogP contribution is -2.34. The Morgan fingerprint density at radius 1 is 0.837 bits per heavy atom. The summed E-state index contributed by atoms with van der Waals surface area (Å²) in [6.45, 7) is 1.77. The first-order valence-electron chi connectivity index (χ1n) is 15.3. The third-order valence-corrected chi connectivity index (χ3v) is 8.31. The van der Waals surface area contributed by atoms with Gasteiger partial charge in [-0.05, 0) is 96.7 Å². The van der Waals surface area contributed by atoms with Crippen LogP contribution in [-0.4, -0.2) is 44.4 Å². The van der Waals surface area contributed by atoms with Crippen molar-refractivity contribution in [3.05, 3.63) is 64.2 Å². The second-order valence-electron chi connectivity index (χ2n) is 12.1. The zero-order valence-corrected chi connectivity index (χ0v) is 27.4. The van der Waals surface area contributed by atoms with Gasteiger partial charge in [0.25, 0.3) is 5.95 Å². The maximum Gasteiger partial charge on any atom is 0.416 e. The molecule has 2 aromatic carbocycles. The largest absolute Gasteiger partial charge is 0.481 e. The van der Waals surface area contributed by atoms with Gasteiger partial charge in [0.15, 0.2) is 0 Å². The molecule has 272 valence electrons. The smallest absolute Gasteiger partial charge is 0.416 e. The number of aromatic nitrogens is 4. The molecule has 0 atom stereocenters. The van der Waals surface area contributed by atoms with E-state index in [-0.39, 0.29) is 48.2 Å². The van der Waals surface area contributed by atoms with Gasteiger partial charge in [-0.3, -0.25) is 4.79 Å². The van der Waals surface area contributed by atoms with Crippen molar-refractivity contribution in [3.8, 4) is 0 Å². The number of aryl methyl sites for hydroxylation is 1. The number of halogens is 10. The van der Waals surface area contributed by atoms with E-state index < -0.39 is 59.8 Å². The lowest BCUT2D eigenvalue weighted by molar-refractivity contribution is -0.143. The van der Waals surface area contributed by atoms with Crippen LogP contribution in [0.25, 0.3) is 0 Å². The molecule has 0 aliphatic heterocycles. The van der Waals surface area contributed by atoms with Crippen LogP contribution in [0.15, 0.2) is 36.4 Å². The lowest BCUT2D eigenvalue weighted by atomic mass is 9.80. The Kier molecular flexibility index (Phi) is 12.8. The minimum Gasteiger partial charge on any atom is -0.481 e. The Bertz CT molecular complexity index is 1520. The Morgan fingerprint density at radius 3 is 1.90 bits per heavy atom. The molecule has 1 fully saturated rings. The molecule has 18 heteroatoms. The molecule has 1 aromatic heterocycles. The fraction of sp³-hybridized carbons (Fsp3) is 0.548. The van der Waals surface area contributed by atoms with Crippen molar-refractivity contribution < 1.29 is 49.4 Å². The number of carbonyl (C=O) groups is 1. The Labute approximate surface area is 282 Å². The maximum absolute atomic E-state index is 14.0. The number of carboxylic acids is 1. The summed E-state index contributed by atoms with van der Waals surface area (Å²) < 4.78 is 124. The summed E-state index contributed by atoms with van der Waals surface area (Å²) in [6.07, 6.45) is -11.4. The normalized spacial score (nSPS) is 17.0. The zero-order chi connectivity index (χ0) is 35.4. The minimum atomic E-state index is -5.10. The quantitative estimate of drug-likeness (QED) is 0.187. The van der Waals surface area contributed by atoms with Crippen molar-refractivity contribution in [1.29, 1.82) is 0 Å². The number of carboxylic acid groups (broad SMARTS) is 1. The maximum atomic E-state index is 14.0. The average Bonchev–Trinajstić information content (AvgIpc) is 3.42. The highest BCUT2D eigenvalue weighted by Crippen LogP contribution is 2.39. The summed E-state index contributed by atoms with van der Waals surface area (Å²) in [6, 6.07) is 4.26. The number of benzene rings is 2. The molecule has 1 aliphatic rings. The highest BCUT2D eigenvalue weighted by atomic mass is 35.5. The third-order valence-electron chi connectivity index (χ3n) is 8.31. The number of tetrazole rings is 1. The van der Waals surface area contributed by atoms with E-state index in [2.05, 4.69) is 15.4 Å². The molecule has 1 N–H and O–H groups in total. The van der Waals surface area contributed by atoms with Crippen molar-refractivity contribution in [1.82, 2.24) is 20.2 Å². The molecule has 3 aromatic rings. The van der Waals surface area contributed by atoms with E-state index in [1.165, 1.54) is 18.0 Å². The number of hydrogen-bond donors (Lipinski definition) is 1. The first-order valence-corrected chi connectivity index (χ1v) is 15.3. The van der Waals surface area contributed by atoms with E-state index in [0.29, 0.717) is 50.2 Å². The van der Waals surface area contributed by atoms with Crippen molar-refractivity contribution in [2.45, 2.75) is 77.1 Å². The molecule has 1 saturated carbocycles. The van der Waals surface area contributed by atoms with E-state index in [1.54, 1.807) is 0 Å². The van der Waals surface area contributed by atoms with Crippen LogP contribution in [-0.2, 0) is 43.5 Å². The fourth-order valence-corrected chi connectivity index (χ4v) is 6.09. The minimum absolute atomic E-state index is 0. The first-order chi connectivity index (χ1) is 22.3. The van der Waals surface area contributed by atoms with Gasteiger partial charge in [0, 0.05) is 38.3 Å². The molecule has 0 spiro atoms. The van der Waals surface area contributed by atoms with Crippen LogP contribution in [0.3, 0.4) is 0 Å². The third kappa shape index (κ3) is 10.9. The van der Waals surface area contributed by atoms with E-state index >= 15 is 0 Å². The molecule has 0 bridgehead atoms. The van der Waals surface area contributed by atoms with Gasteiger partial charge in [0.05, 0.1) is 23.7 Å². The SMILES string of the molecule is CCCN(CC1CCC(CC(=O)O)CC1)c1ccc(C(F)(F)F)cc1CN(Cc1cc(C(F)(F)F)cc(C(F)(F)F)c1)c1nnn(C)n1.Cl. The molecule has 4 rings (SSSR count). The fourth-order valence-electron chi connectivity index (χ4n) is 6.09. The second kappa shape index (κ2) is 15.9. The van der Waals surface area contributed by atoms with Gasteiger partial charge in [-0.1, -0.05) is 12.0 Å². The number of alkyl halides is 9. The van der Waals surface area contributed by atoms with Crippen molar-refractivity contribution in [2.75, 3.05) is 22.9 Å². The summed E-state index contributed by atoms with van der Waals surface area (Å²) in [5, 5.41) is 20.8. The van der Waals surface area contributed by atoms with Crippen molar-refractivity contribution in [3.63, 3.8) is 0 Å². The number of anilines is 2. The number of hydrogen-bond acceptors (Lipinski definition) is 6. The highest BCUT2D eigenvalue weighted by Gasteiger charge is 2.37. The lowest BCUT2D eigenvalue weighted by Gasteiger charge is -2.35. The van der Waals surface area contributed by atoms with E-state index in [1.807, 2.05) is 11.8 Å². The van der Waals surface area contributed by atoms with Gasteiger partial charge in [0.1, 0.15) is 0 Å². The van der Waals surface area contributed by atoms with Crippen molar-refractivity contribution in [2.24, 2.45) is 18.9 Å². The van der Waals surface area contributed by atoms with Gasteiger partial charge in [-0.25, -0.2) is 0 Å². The highest BCUT2D eigenvalue weighted by molar-refractivity contribution is 5.85. The first kappa shape index (κ1) is 39.7. The molecule has 0 saturated heterocycles. The van der Waals surface area contributed by atoms with Gasteiger partial charge in [-0.2, -0.15) is 44.3 Å². The molecule has 1 heterocycles. The molecule has 0 unspecified atom stereocenters. The standard InChI is InChI=1S/C31H35F9N6O2.ClH/c1-3-10-45(16-20-6-4-19(5-7-20)13-27(47)48)26-9-8-23(29(32,33)34)14-22(26)18-46(28-41-43-44(2)42-28)17-21-11-24(30(35,36)37)15-25(12-21)31(38,39)40;/h8-9,11-12,14-15,19-20H,3-7,10,13,16-18H2,1-2H3,(H,47,48);1H. The zero-order valence-electron chi connectivity index (χ0n) is 26.5. The monoisotopic (exact) mass is 730 g/mol. The molecule has 1 aliphatic carbocycles. The number of rotatable bonds is 12. The van der Waals surface area contributed by atoms with Gasteiger partial charge in [0.2, 0.25) is 0 Å².